The van der Waals surface area contributed by atoms with Gasteiger partial charge in [-0.15, -0.1) is 11.3 Å². The summed E-state index contributed by atoms with van der Waals surface area (Å²) in [4.78, 5) is 28.4. The van der Waals surface area contributed by atoms with E-state index >= 15 is 0 Å². The average Bonchev–Trinajstić information content (AvgIpc) is 3.30. The summed E-state index contributed by atoms with van der Waals surface area (Å²) in [5.74, 6) is 0.295. The highest BCUT2D eigenvalue weighted by Gasteiger charge is 2.19. The molecular weight excluding hydrogens is 346 g/mol. The number of aromatic nitrogens is 2. The van der Waals surface area contributed by atoms with E-state index in [1.807, 2.05) is 17.5 Å². The molecular formula is C16H11N3O5S. The van der Waals surface area contributed by atoms with Crippen LogP contribution in [-0.2, 0) is 16.1 Å². The smallest absolute Gasteiger partial charge is 0.338 e. The molecule has 0 bridgehead atoms. The van der Waals surface area contributed by atoms with Gasteiger partial charge < -0.3 is 19.3 Å². The number of anilines is 1. The van der Waals surface area contributed by atoms with Gasteiger partial charge in [0.2, 0.25) is 5.82 Å². The largest absolute Gasteiger partial charge is 0.482 e. The molecule has 1 aliphatic rings. The second-order valence-electron chi connectivity index (χ2n) is 5.11. The first-order valence-corrected chi connectivity index (χ1v) is 8.17. The number of thiophene rings is 1. The van der Waals surface area contributed by atoms with Gasteiger partial charge in [-0.1, -0.05) is 11.2 Å². The van der Waals surface area contributed by atoms with Crippen LogP contribution < -0.4 is 10.1 Å². The van der Waals surface area contributed by atoms with Crippen LogP contribution >= 0.6 is 11.3 Å². The lowest BCUT2D eigenvalue weighted by molar-refractivity contribution is -0.118. The Labute approximate surface area is 145 Å². The lowest BCUT2D eigenvalue weighted by atomic mass is 10.1. The molecule has 3 aromatic rings. The Bertz CT molecular complexity index is 935. The number of benzene rings is 1. The van der Waals surface area contributed by atoms with Crippen molar-refractivity contribution in [2.45, 2.75) is 6.61 Å². The summed E-state index contributed by atoms with van der Waals surface area (Å²) in [6, 6.07) is 8.40. The van der Waals surface area contributed by atoms with Gasteiger partial charge in [-0.2, -0.15) is 4.98 Å². The number of rotatable bonds is 4. The highest BCUT2D eigenvalue weighted by molar-refractivity contribution is 7.13. The molecule has 2 aromatic heterocycles. The maximum Gasteiger partial charge on any atom is 0.338 e. The number of carbonyl (C=O) groups is 2. The van der Waals surface area contributed by atoms with Crippen molar-refractivity contribution in [3.05, 3.63) is 47.2 Å². The Morgan fingerprint density at radius 2 is 2.28 bits per heavy atom. The first-order chi connectivity index (χ1) is 12.2. The van der Waals surface area contributed by atoms with Gasteiger partial charge in [0.1, 0.15) is 5.75 Å². The van der Waals surface area contributed by atoms with E-state index in [0.717, 1.165) is 4.88 Å². The van der Waals surface area contributed by atoms with Crippen molar-refractivity contribution in [3.8, 4) is 16.5 Å². The summed E-state index contributed by atoms with van der Waals surface area (Å²) in [5, 5.41) is 8.41. The molecule has 0 unspecified atom stereocenters. The van der Waals surface area contributed by atoms with E-state index in [4.69, 9.17) is 14.0 Å². The fraction of sp³-hybridized carbons (Fsp3) is 0.125. The number of hydrogen-bond acceptors (Lipinski definition) is 8. The molecule has 1 amide bonds. The van der Waals surface area contributed by atoms with Gasteiger partial charge in [0, 0.05) is 0 Å². The second kappa shape index (κ2) is 6.36. The molecule has 0 saturated heterocycles. The number of hydrogen-bond donors (Lipinski definition) is 1. The third kappa shape index (κ3) is 3.22. The Morgan fingerprint density at radius 1 is 1.36 bits per heavy atom. The predicted octanol–water partition coefficient (Wildman–Crippen LogP) is 2.49. The number of nitrogens with zero attached hydrogens (tertiary/aromatic N) is 2. The summed E-state index contributed by atoms with van der Waals surface area (Å²) < 4.78 is 15.5. The van der Waals surface area contributed by atoms with Crippen LogP contribution in [-0.4, -0.2) is 28.6 Å². The van der Waals surface area contributed by atoms with Gasteiger partial charge in [-0.05, 0) is 29.6 Å². The summed E-state index contributed by atoms with van der Waals surface area (Å²) in [6.07, 6.45) is 0. The topological polar surface area (TPSA) is 104 Å². The average molecular weight is 357 g/mol. The van der Waals surface area contributed by atoms with Crippen molar-refractivity contribution in [2.24, 2.45) is 0 Å². The minimum absolute atomic E-state index is 0.0843. The molecule has 8 nitrogen and oxygen atoms in total. The van der Waals surface area contributed by atoms with Gasteiger partial charge in [0.05, 0.1) is 16.1 Å². The molecule has 25 heavy (non-hydrogen) atoms. The molecule has 1 N–H and O–H groups in total. The fourth-order valence-corrected chi connectivity index (χ4v) is 2.88. The quantitative estimate of drug-likeness (QED) is 0.715. The van der Waals surface area contributed by atoms with Crippen LogP contribution in [0.1, 0.15) is 16.2 Å². The highest BCUT2D eigenvalue weighted by atomic mass is 32.1. The van der Waals surface area contributed by atoms with Crippen LogP contribution in [0.25, 0.3) is 10.7 Å². The standard InChI is InChI=1S/C16H11N3O5S/c20-13-7-22-11-6-9(3-4-10(11)17-13)16(21)23-8-14-18-15(19-24-14)12-2-1-5-25-12/h1-6H,7-8H2,(H,17,20). The summed E-state index contributed by atoms with van der Waals surface area (Å²) in [7, 11) is 0. The lowest BCUT2D eigenvalue weighted by Crippen LogP contribution is -2.25. The van der Waals surface area contributed by atoms with Crippen molar-refractivity contribution in [1.29, 1.82) is 0 Å². The zero-order valence-corrected chi connectivity index (χ0v) is 13.5. The van der Waals surface area contributed by atoms with E-state index in [1.165, 1.54) is 17.4 Å². The molecule has 0 aliphatic carbocycles. The highest BCUT2D eigenvalue weighted by Crippen LogP contribution is 2.29. The zero-order chi connectivity index (χ0) is 17.2. The number of carbonyl (C=O) groups excluding carboxylic acids is 2. The maximum absolute atomic E-state index is 12.2. The third-order valence-electron chi connectivity index (χ3n) is 3.39. The molecule has 126 valence electrons. The summed E-state index contributed by atoms with van der Waals surface area (Å²) in [5.41, 5.74) is 0.818. The SMILES string of the molecule is O=C1COc2cc(C(=O)OCc3nc(-c4cccs4)no3)ccc2N1. The van der Waals surface area contributed by atoms with Crippen molar-refractivity contribution >= 4 is 28.9 Å². The normalized spacial score (nSPS) is 12.9. The number of fused-ring (bicyclic) bond motifs is 1. The number of amides is 1. The molecule has 0 spiro atoms. The maximum atomic E-state index is 12.2. The van der Waals surface area contributed by atoms with Crippen LogP contribution in [0.4, 0.5) is 5.69 Å². The third-order valence-corrected chi connectivity index (χ3v) is 4.25. The molecule has 4 rings (SSSR count). The first kappa shape index (κ1) is 15.3. The van der Waals surface area contributed by atoms with Gasteiger partial charge in [-0.25, -0.2) is 4.79 Å². The zero-order valence-electron chi connectivity index (χ0n) is 12.7. The van der Waals surface area contributed by atoms with E-state index in [2.05, 4.69) is 15.5 Å². The Morgan fingerprint density at radius 3 is 3.12 bits per heavy atom. The van der Waals surface area contributed by atoms with E-state index in [9.17, 15) is 9.59 Å². The Balaban J connectivity index is 1.42. The molecule has 9 heteroatoms. The molecule has 1 aromatic carbocycles. The van der Waals surface area contributed by atoms with Crippen LogP contribution in [0, 0.1) is 0 Å². The fourth-order valence-electron chi connectivity index (χ4n) is 2.23. The molecule has 1 aliphatic heterocycles. The lowest BCUT2D eigenvalue weighted by Gasteiger charge is -2.18. The van der Waals surface area contributed by atoms with Crippen LogP contribution in [0.15, 0.2) is 40.2 Å². The first-order valence-electron chi connectivity index (χ1n) is 7.29. The van der Waals surface area contributed by atoms with Gasteiger partial charge in [-0.3, -0.25) is 4.79 Å². The van der Waals surface area contributed by atoms with Crippen LogP contribution in [0.3, 0.4) is 0 Å². The predicted molar refractivity (Wildman–Crippen MR) is 87.3 cm³/mol. The Kier molecular flexibility index (Phi) is 3.90. The second-order valence-corrected chi connectivity index (χ2v) is 6.06. The number of esters is 1. The van der Waals surface area contributed by atoms with Gasteiger partial charge in [0.15, 0.2) is 13.2 Å². The van der Waals surface area contributed by atoms with Crippen molar-refractivity contribution in [2.75, 3.05) is 11.9 Å². The number of nitrogens with one attached hydrogen (secondary N) is 1. The summed E-state index contributed by atoms with van der Waals surface area (Å²) >= 11 is 1.49. The van der Waals surface area contributed by atoms with E-state index in [-0.39, 0.29) is 25.0 Å². The molecule has 0 atom stereocenters. The van der Waals surface area contributed by atoms with Gasteiger partial charge >= 0.3 is 5.97 Å². The van der Waals surface area contributed by atoms with Crippen molar-refractivity contribution < 1.29 is 23.6 Å². The molecule has 0 radical (unpaired) electrons. The van der Waals surface area contributed by atoms with Crippen molar-refractivity contribution in [1.82, 2.24) is 10.1 Å². The molecule has 3 heterocycles. The number of ether oxygens (including phenoxy) is 2. The van der Waals surface area contributed by atoms with Crippen LogP contribution in [0.2, 0.25) is 0 Å². The monoisotopic (exact) mass is 357 g/mol. The van der Waals surface area contributed by atoms with E-state index < -0.39 is 5.97 Å². The minimum Gasteiger partial charge on any atom is -0.482 e. The van der Waals surface area contributed by atoms with Crippen molar-refractivity contribution in [3.63, 3.8) is 0 Å². The van der Waals surface area contributed by atoms with Gasteiger partial charge in [0.25, 0.3) is 11.8 Å². The van der Waals surface area contributed by atoms with E-state index in [1.54, 1.807) is 12.1 Å². The van der Waals surface area contributed by atoms with Crippen LogP contribution in [0.5, 0.6) is 5.75 Å². The van der Waals surface area contributed by atoms with E-state index in [0.29, 0.717) is 22.8 Å². The Hall–Kier alpha value is -3.20. The summed E-state index contributed by atoms with van der Waals surface area (Å²) in [6.45, 7) is -0.217. The minimum atomic E-state index is -0.556. The molecule has 0 saturated carbocycles. The molecule has 0 fully saturated rings.